The molecule has 104 valence electrons. The highest BCUT2D eigenvalue weighted by Gasteiger charge is 2.14. The van der Waals surface area contributed by atoms with Crippen LogP contribution in [0.4, 0.5) is 4.39 Å². The molecule has 1 saturated heterocycles. The fourth-order valence-corrected chi connectivity index (χ4v) is 2.08. The van der Waals surface area contributed by atoms with Crippen LogP contribution in [0.5, 0.6) is 0 Å². The molecule has 1 aromatic carbocycles. The number of carboxylic acid groups (broad SMARTS) is 1. The summed E-state index contributed by atoms with van der Waals surface area (Å²) in [6.07, 6.45) is 1.98. The normalized spacial score (nSPS) is 16.5. The van der Waals surface area contributed by atoms with Crippen LogP contribution in [0.15, 0.2) is 18.2 Å². The Hall–Kier alpha value is -1.46. The van der Waals surface area contributed by atoms with Gasteiger partial charge in [-0.05, 0) is 36.5 Å². The molecule has 0 aliphatic carbocycles. The van der Waals surface area contributed by atoms with Crippen LogP contribution in [0, 0.1) is 11.7 Å². The van der Waals surface area contributed by atoms with Crippen LogP contribution in [-0.2, 0) is 16.1 Å². The lowest BCUT2D eigenvalue weighted by molar-refractivity contribution is 0.0157. The van der Waals surface area contributed by atoms with Crippen LogP contribution in [0.2, 0.25) is 0 Å². The molecular formula is C14H17FO4. The van der Waals surface area contributed by atoms with Crippen molar-refractivity contribution in [2.75, 3.05) is 19.8 Å². The standard InChI is InChI=1S/C14H17FO4/c15-13-7-11(1-2-12(13)14(16)17)9-19-8-10-3-5-18-6-4-10/h1-2,7,10H,3-6,8-9H2,(H,16,17). The number of halogens is 1. The molecule has 0 bridgehead atoms. The molecule has 1 N–H and O–H groups in total. The van der Waals surface area contributed by atoms with Gasteiger partial charge < -0.3 is 14.6 Å². The number of carboxylic acids is 1. The van der Waals surface area contributed by atoms with E-state index in [9.17, 15) is 9.18 Å². The molecular weight excluding hydrogens is 251 g/mol. The molecule has 19 heavy (non-hydrogen) atoms. The zero-order valence-electron chi connectivity index (χ0n) is 10.6. The van der Waals surface area contributed by atoms with E-state index in [4.69, 9.17) is 14.6 Å². The van der Waals surface area contributed by atoms with Crippen LogP contribution in [0.25, 0.3) is 0 Å². The van der Waals surface area contributed by atoms with E-state index in [0.29, 0.717) is 24.7 Å². The summed E-state index contributed by atoms with van der Waals surface area (Å²) < 4.78 is 24.2. The maximum atomic E-state index is 13.4. The molecule has 2 rings (SSSR count). The molecule has 0 spiro atoms. The van der Waals surface area contributed by atoms with Gasteiger partial charge in [-0.25, -0.2) is 9.18 Å². The fraction of sp³-hybridized carbons (Fsp3) is 0.500. The first-order valence-corrected chi connectivity index (χ1v) is 6.34. The number of ether oxygens (including phenoxy) is 2. The Bertz CT molecular complexity index is 441. The predicted molar refractivity (Wildman–Crippen MR) is 66.6 cm³/mol. The highest BCUT2D eigenvalue weighted by Crippen LogP contribution is 2.16. The Morgan fingerprint density at radius 1 is 1.42 bits per heavy atom. The molecule has 0 unspecified atom stereocenters. The number of benzene rings is 1. The predicted octanol–water partition coefficient (Wildman–Crippen LogP) is 2.47. The Kier molecular flexibility index (Phi) is 4.87. The highest BCUT2D eigenvalue weighted by atomic mass is 19.1. The minimum atomic E-state index is -1.26. The van der Waals surface area contributed by atoms with E-state index in [-0.39, 0.29) is 5.56 Å². The van der Waals surface area contributed by atoms with Crippen molar-refractivity contribution in [3.63, 3.8) is 0 Å². The van der Waals surface area contributed by atoms with Crippen LogP contribution < -0.4 is 0 Å². The van der Waals surface area contributed by atoms with E-state index in [1.165, 1.54) is 12.1 Å². The van der Waals surface area contributed by atoms with Gasteiger partial charge in [0.2, 0.25) is 0 Å². The molecule has 1 fully saturated rings. The van der Waals surface area contributed by atoms with Gasteiger partial charge in [0.1, 0.15) is 5.82 Å². The van der Waals surface area contributed by atoms with Crippen molar-refractivity contribution in [1.29, 1.82) is 0 Å². The number of carbonyl (C=O) groups is 1. The Morgan fingerprint density at radius 2 is 2.16 bits per heavy atom. The van der Waals surface area contributed by atoms with Crippen LogP contribution >= 0.6 is 0 Å². The third-order valence-electron chi connectivity index (χ3n) is 3.23. The van der Waals surface area contributed by atoms with Crippen LogP contribution in [0.3, 0.4) is 0 Å². The van der Waals surface area contributed by atoms with Crippen molar-refractivity contribution < 1.29 is 23.8 Å². The van der Waals surface area contributed by atoms with Crippen molar-refractivity contribution in [3.8, 4) is 0 Å². The van der Waals surface area contributed by atoms with Gasteiger partial charge in [-0.2, -0.15) is 0 Å². The van der Waals surface area contributed by atoms with Gasteiger partial charge in [0, 0.05) is 13.2 Å². The summed E-state index contributed by atoms with van der Waals surface area (Å²) in [6, 6.07) is 4.06. The second kappa shape index (κ2) is 6.63. The number of aromatic carboxylic acids is 1. The van der Waals surface area contributed by atoms with E-state index in [2.05, 4.69) is 0 Å². The average Bonchev–Trinajstić information content (AvgIpc) is 2.39. The molecule has 1 aliphatic heterocycles. The summed E-state index contributed by atoms with van der Waals surface area (Å²) in [5.74, 6) is -1.48. The Morgan fingerprint density at radius 3 is 2.79 bits per heavy atom. The summed E-state index contributed by atoms with van der Waals surface area (Å²) >= 11 is 0. The summed E-state index contributed by atoms with van der Waals surface area (Å²) in [6.45, 7) is 2.48. The third-order valence-corrected chi connectivity index (χ3v) is 3.23. The van der Waals surface area contributed by atoms with Crippen LogP contribution in [0.1, 0.15) is 28.8 Å². The van der Waals surface area contributed by atoms with Crippen molar-refractivity contribution >= 4 is 5.97 Å². The Balaban J connectivity index is 1.82. The molecule has 0 radical (unpaired) electrons. The molecule has 0 amide bonds. The summed E-state index contributed by atoms with van der Waals surface area (Å²) in [5.41, 5.74) is 0.336. The lowest BCUT2D eigenvalue weighted by Gasteiger charge is -2.21. The first kappa shape index (κ1) is 14.0. The van der Waals surface area contributed by atoms with Gasteiger partial charge in [0.05, 0.1) is 18.8 Å². The first-order chi connectivity index (χ1) is 9.16. The minimum absolute atomic E-state index is 0.300. The molecule has 0 saturated carbocycles. The van der Waals surface area contributed by atoms with Gasteiger partial charge in [-0.3, -0.25) is 0 Å². The van der Waals surface area contributed by atoms with Gasteiger partial charge in [0.15, 0.2) is 0 Å². The van der Waals surface area contributed by atoms with Crippen molar-refractivity contribution in [1.82, 2.24) is 0 Å². The van der Waals surface area contributed by atoms with E-state index in [1.807, 2.05) is 0 Å². The number of rotatable bonds is 5. The zero-order valence-corrected chi connectivity index (χ0v) is 10.6. The molecule has 5 heteroatoms. The van der Waals surface area contributed by atoms with Gasteiger partial charge >= 0.3 is 5.97 Å². The van der Waals surface area contributed by atoms with E-state index in [1.54, 1.807) is 6.07 Å². The fourth-order valence-electron chi connectivity index (χ4n) is 2.08. The molecule has 0 atom stereocenters. The van der Waals surface area contributed by atoms with E-state index >= 15 is 0 Å². The van der Waals surface area contributed by atoms with Crippen molar-refractivity contribution in [3.05, 3.63) is 35.1 Å². The van der Waals surface area contributed by atoms with Crippen molar-refractivity contribution in [2.45, 2.75) is 19.4 Å². The maximum absolute atomic E-state index is 13.4. The summed E-state index contributed by atoms with van der Waals surface area (Å²) in [5, 5.41) is 8.72. The van der Waals surface area contributed by atoms with Crippen LogP contribution in [-0.4, -0.2) is 30.9 Å². The topological polar surface area (TPSA) is 55.8 Å². The number of hydrogen-bond acceptors (Lipinski definition) is 3. The second-order valence-corrected chi connectivity index (χ2v) is 4.69. The lowest BCUT2D eigenvalue weighted by Crippen LogP contribution is -2.20. The summed E-state index contributed by atoms with van der Waals surface area (Å²) in [7, 11) is 0. The molecule has 1 heterocycles. The molecule has 0 aromatic heterocycles. The lowest BCUT2D eigenvalue weighted by atomic mass is 10.0. The largest absolute Gasteiger partial charge is 0.478 e. The second-order valence-electron chi connectivity index (χ2n) is 4.69. The van der Waals surface area contributed by atoms with Crippen molar-refractivity contribution in [2.24, 2.45) is 5.92 Å². The number of hydrogen-bond donors (Lipinski definition) is 1. The maximum Gasteiger partial charge on any atom is 0.338 e. The third kappa shape index (κ3) is 4.01. The SMILES string of the molecule is O=C(O)c1ccc(COCC2CCOCC2)cc1F. The summed E-state index contributed by atoms with van der Waals surface area (Å²) in [4.78, 5) is 10.7. The first-order valence-electron chi connectivity index (χ1n) is 6.34. The quantitative estimate of drug-likeness (QED) is 0.891. The smallest absolute Gasteiger partial charge is 0.338 e. The highest BCUT2D eigenvalue weighted by molar-refractivity contribution is 5.87. The average molecular weight is 268 g/mol. The van der Waals surface area contributed by atoms with E-state index in [0.717, 1.165) is 26.1 Å². The zero-order chi connectivity index (χ0) is 13.7. The minimum Gasteiger partial charge on any atom is -0.478 e. The molecule has 1 aliphatic rings. The molecule has 1 aromatic rings. The molecule has 4 nitrogen and oxygen atoms in total. The van der Waals surface area contributed by atoms with Gasteiger partial charge in [-0.1, -0.05) is 6.07 Å². The van der Waals surface area contributed by atoms with Gasteiger partial charge in [-0.15, -0.1) is 0 Å². The monoisotopic (exact) mass is 268 g/mol. The van der Waals surface area contributed by atoms with E-state index < -0.39 is 11.8 Å². The van der Waals surface area contributed by atoms with Gasteiger partial charge in [0.25, 0.3) is 0 Å². The Labute approximate surface area is 111 Å².